The average molecular weight is 297 g/mol. The third-order valence-electron chi connectivity index (χ3n) is 3.83. The molecule has 2 rings (SSSR count). The van der Waals surface area contributed by atoms with Crippen LogP contribution in [0.2, 0.25) is 5.02 Å². The number of halogens is 1. The molecule has 0 bridgehead atoms. The monoisotopic (exact) mass is 296 g/mol. The highest BCUT2D eigenvalue weighted by Gasteiger charge is 2.28. The molecule has 1 aromatic heterocycles. The van der Waals surface area contributed by atoms with Crippen LogP contribution in [0.5, 0.6) is 0 Å². The van der Waals surface area contributed by atoms with Crippen LogP contribution in [0, 0.1) is 5.92 Å². The largest absolute Gasteiger partial charge is 0.365 e. The summed E-state index contributed by atoms with van der Waals surface area (Å²) in [6, 6.07) is 0.215. The first-order valence-corrected chi connectivity index (χ1v) is 7.29. The Morgan fingerprint density at radius 1 is 1.65 bits per heavy atom. The van der Waals surface area contributed by atoms with E-state index in [-0.39, 0.29) is 16.6 Å². The summed E-state index contributed by atoms with van der Waals surface area (Å²) in [5.41, 5.74) is 6.27. The quantitative estimate of drug-likeness (QED) is 0.858. The third kappa shape index (κ3) is 2.88. The maximum Gasteiger partial charge on any atom is 0.287 e. The lowest BCUT2D eigenvalue weighted by molar-refractivity contribution is 0.366. The normalized spacial score (nSPS) is 22.9. The van der Waals surface area contributed by atoms with Crippen LogP contribution in [-0.4, -0.2) is 28.9 Å². The number of nitrogens with zero attached hydrogens (tertiary/aromatic N) is 3. The molecule has 0 saturated carbocycles. The minimum Gasteiger partial charge on any atom is -0.365 e. The van der Waals surface area contributed by atoms with Gasteiger partial charge >= 0.3 is 0 Å². The van der Waals surface area contributed by atoms with Crippen LogP contribution >= 0.6 is 11.6 Å². The van der Waals surface area contributed by atoms with Crippen LogP contribution < -0.4 is 16.2 Å². The van der Waals surface area contributed by atoms with E-state index >= 15 is 0 Å². The maximum absolute atomic E-state index is 12.1. The zero-order valence-electron chi connectivity index (χ0n) is 11.8. The van der Waals surface area contributed by atoms with E-state index < -0.39 is 0 Å². The molecule has 6 heteroatoms. The van der Waals surface area contributed by atoms with E-state index in [0.717, 1.165) is 19.4 Å². The molecule has 0 spiro atoms. The zero-order chi connectivity index (χ0) is 14.7. The lowest BCUT2D eigenvalue weighted by Gasteiger charge is -2.39. The number of aromatic nitrogens is 2. The Balaban J connectivity index is 2.35. The Labute approximate surface area is 124 Å². The molecular formula is C14H21ClN4O. The SMILES string of the molecule is C=CCn1ncc(N2CCC(C)CC2CN)c(Cl)c1=O. The molecule has 5 nitrogen and oxygen atoms in total. The Morgan fingerprint density at radius 3 is 3.05 bits per heavy atom. The summed E-state index contributed by atoms with van der Waals surface area (Å²) in [5, 5.41) is 4.38. The molecular weight excluding hydrogens is 276 g/mol. The standard InChI is InChI=1S/C14H21ClN4O/c1-3-5-19-14(20)13(15)12(9-17-19)18-6-4-10(2)7-11(18)8-16/h3,9-11H,1,4-8,16H2,2H3. The lowest BCUT2D eigenvalue weighted by atomic mass is 9.92. The van der Waals surface area contributed by atoms with Crippen molar-refractivity contribution in [1.82, 2.24) is 9.78 Å². The molecule has 1 aliphatic heterocycles. The fraction of sp³-hybridized carbons (Fsp3) is 0.571. The zero-order valence-corrected chi connectivity index (χ0v) is 12.5. The molecule has 0 aliphatic carbocycles. The van der Waals surface area contributed by atoms with Gasteiger partial charge in [0.15, 0.2) is 0 Å². The van der Waals surface area contributed by atoms with Gasteiger partial charge in [-0.3, -0.25) is 4.79 Å². The molecule has 0 radical (unpaired) electrons. The van der Waals surface area contributed by atoms with Crippen LogP contribution in [0.25, 0.3) is 0 Å². The van der Waals surface area contributed by atoms with Crippen molar-refractivity contribution in [3.63, 3.8) is 0 Å². The van der Waals surface area contributed by atoms with Crippen molar-refractivity contribution in [1.29, 1.82) is 0 Å². The van der Waals surface area contributed by atoms with Gasteiger partial charge in [-0.05, 0) is 18.8 Å². The van der Waals surface area contributed by atoms with Gasteiger partial charge in [-0.15, -0.1) is 6.58 Å². The summed E-state index contributed by atoms with van der Waals surface area (Å²) in [4.78, 5) is 14.3. The number of nitrogens with two attached hydrogens (primary N) is 1. The van der Waals surface area contributed by atoms with Gasteiger partial charge in [-0.2, -0.15) is 5.10 Å². The van der Waals surface area contributed by atoms with E-state index in [1.807, 2.05) is 0 Å². The highest BCUT2D eigenvalue weighted by Crippen LogP contribution is 2.30. The number of anilines is 1. The van der Waals surface area contributed by atoms with Gasteiger partial charge < -0.3 is 10.6 Å². The summed E-state index contributed by atoms with van der Waals surface area (Å²) >= 11 is 6.24. The van der Waals surface area contributed by atoms with Crippen LogP contribution in [-0.2, 0) is 6.54 Å². The second-order valence-corrected chi connectivity index (χ2v) is 5.71. The van der Waals surface area contributed by atoms with Crippen molar-refractivity contribution < 1.29 is 0 Å². The number of rotatable bonds is 4. The summed E-state index contributed by atoms with van der Waals surface area (Å²) in [6.07, 6.45) is 5.37. The van der Waals surface area contributed by atoms with Gasteiger partial charge in [0.2, 0.25) is 0 Å². The highest BCUT2D eigenvalue weighted by molar-refractivity contribution is 6.33. The van der Waals surface area contributed by atoms with E-state index in [2.05, 4.69) is 23.5 Å². The average Bonchev–Trinajstić information content (AvgIpc) is 2.45. The minimum atomic E-state index is -0.279. The van der Waals surface area contributed by atoms with Crippen molar-refractivity contribution in [2.75, 3.05) is 18.0 Å². The van der Waals surface area contributed by atoms with Crippen LogP contribution in [0.3, 0.4) is 0 Å². The first-order valence-electron chi connectivity index (χ1n) is 6.91. The van der Waals surface area contributed by atoms with Gasteiger partial charge in [0, 0.05) is 19.1 Å². The molecule has 2 N–H and O–H groups in total. The summed E-state index contributed by atoms with van der Waals surface area (Å²) in [5.74, 6) is 0.646. The molecule has 1 aromatic rings. The topological polar surface area (TPSA) is 64.2 Å². The molecule has 2 unspecified atom stereocenters. The molecule has 20 heavy (non-hydrogen) atoms. The maximum atomic E-state index is 12.1. The summed E-state index contributed by atoms with van der Waals surface area (Å²) in [7, 11) is 0. The Morgan fingerprint density at radius 2 is 2.40 bits per heavy atom. The Bertz CT molecular complexity index is 542. The van der Waals surface area contributed by atoms with E-state index in [1.54, 1.807) is 12.3 Å². The van der Waals surface area contributed by atoms with Gasteiger partial charge in [-0.25, -0.2) is 4.68 Å². The number of allylic oxidation sites excluding steroid dienone is 1. The van der Waals surface area contributed by atoms with Crippen LogP contribution in [0.1, 0.15) is 19.8 Å². The van der Waals surface area contributed by atoms with Crippen molar-refractivity contribution in [2.45, 2.75) is 32.4 Å². The molecule has 2 atom stereocenters. The molecule has 2 heterocycles. The molecule has 110 valence electrons. The fourth-order valence-electron chi connectivity index (χ4n) is 2.70. The van der Waals surface area contributed by atoms with Crippen molar-refractivity contribution in [3.8, 4) is 0 Å². The fourth-order valence-corrected chi connectivity index (χ4v) is 2.96. The van der Waals surface area contributed by atoms with Crippen molar-refractivity contribution in [3.05, 3.63) is 34.2 Å². The van der Waals surface area contributed by atoms with Crippen molar-refractivity contribution >= 4 is 17.3 Å². The molecule has 1 fully saturated rings. The number of hydrogen-bond donors (Lipinski definition) is 1. The first-order chi connectivity index (χ1) is 9.58. The Kier molecular flexibility index (Phi) is 4.83. The molecule has 1 aliphatic rings. The van der Waals surface area contributed by atoms with Crippen molar-refractivity contribution in [2.24, 2.45) is 11.7 Å². The van der Waals surface area contributed by atoms with E-state index in [4.69, 9.17) is 17.3 Å². The lowest BCUT2D eigenvalue weighted by Crippen LogP contribution is -2.47. The third-order valence-corrected chi connectivity index (χ3v) is 4.18. The Hall–Kier alpha value is -1.33. The second-order valence-electron chi connectivity index (χ2n) is 5.33. The first kappa shape index (κ1) is 15.1. The summed E-state index contributed by atoms with van der Waals surface area (Å²) in [6.45, 7) is 7.59. The van der Waals surface area contributed by atoms with E-state index in [1.165, 1.54) is 4.68 Å². The van der Waals surface area contributed by atoms with Gasteiger partial charge in [0.05, 0.1) is 18.4 Å². The molecule has 0 aromatic carbocycles. The van der Waals surface area contributed by atoms with Gasteiger partial charge in [0.1, 0.15) is 5.02 Å². The van der Waals surface area contributed by atoms with Crippen LogP contribution in [0.15, 0.2) is 23.6 Å². The van der Waals surface area contributed by atoms with E-state index in [9.17, 15) is 4.79 Å². The van der Waals surface area contributed by atoms with Crippen LogP contribution in [0.4, 0.5) is 5.69 Å². The number of hydrogen-bond acceptors (Lipinski definition) is 4. The van der Waals surface area contributed by atoms with Gasteiger partial charge in [0.25, 0.3) is 5.56 Å². The number of piperidine rings is 1. The predicted octanol–water partition coefficient (Wildman–Crippen LogP) is 1.65. The van der Waals surface area contributed by atoms with E-state index in [0.29, 0.717) is 24.7 Å². The molecule has 1 saturated heterocycles. The van der Waals surface area contributed by atoms with Gasteiger partial charge in [-0.1, -0.05) is 24.6 Å². The predicted molar refractivity (Wildman–Crippen MR) is 82.3 cm³/mol. The highest BCUT2D eigenvalue weighted by atomic mass is 35.5. The minimum absolute atomic E-state index is 0.215. The smallest absolute Gasteiger partial charge is 0.287 e. The second kappa shape index (κ2) is 6.41. The summed E-state index contributed by atoms with van der Waals surface area (Å²) < 4.78 is 1.31. The molecule has 0 amide bonds.